The van der Waals surface area contributed by atoms with Gasteiger partial charge in [-0.3, -0.25) is 5.10 Å². The molecule has 0 aromatic carbocycles. The molecule has 0 fully saturated rings. The van der Waals surface area contributed by atoms with Crippen LogP contribution in [0.3, 0.4) is 0 Å². The van der Waals surface area contributed by atoms with Gasteiger partial charge in [-0.1, -0.05) is 0 Å². The highest BCUT2D eigenvalue weighted by molar-refractivity contribution is 5.74. The van der Waals surface area contributed by atoms with Crippen LogP contribution in [0.2, 0.25) is 0 Å². The Morgan fingerprint density at radius 3 is 2.57 bits per heavy atom. The maximum Gasteiger partial charge on any atom is 0.221 e. The van der Waals surface area contributed by atoms with Crippen molar-refractivity contribution in [2.24, 2.45) is 0 Å². The van der Waals surface area contributed by atoms with Gasteiger partial charge in [0.15, 0.2) is 0 Å². The van der Waals surface area contributed by atoms with Gasteiger partial charge >= 0.3 is 0 Å². The summed E-state index contributed by atoms with van der Waals surface area (Å²) in [5, 5.41) is 6.71. The maximum atomic E-state index is 5.71. The van der Waals surface area contributed by atoms with Crippen LogP contribution in [-0.2, 0) is 0 Å². The monoisotopic (exact) mass is 190 g/mol. The molecule has 0 saturated heterocycles. The molecular weight excluding hydrogens is 180 g/mol. The predicted octanol–water partition coefficient (Wildman–Crippen LogP) is 0.340. The zero-order chi connectivity index (χ0) is 10.1. The largest absolute Gasteiger partial charge is 0.383 e. The Balaban J connectivity index is 2.58. The van der Waals surface area contributed by atoms with E-state index >= 15 is 0 Å². The number of nitrogens with two attached hydrogens (primary N) is 2. The minimum Gasteiger partial charge on any atom is -0.383 e. The zero-order valence-electron chi connectivity index (χ0n) is 7.65. The van der Waals surface area contributed by atoms with Gasteiger partial charge in [0.05, 0.1) is 6.20 Å². The summed E-state index contributed by atoms with van der Waals surface area (Å²) in [5.41, 5.74) is 13.7. The molecule has 0 saturated carbocycles. The van der Waals surface area contributed by atoms with Gasteiger partial charge in [-0.05, 0) is 6.92 Å². The maximum absolute atomic E-state index is 5.71. The number of nitrogen functional groups attached to an aromatic ring is 2. The summed E-state index contributed by atoms with van der Waals surface area (Å²) in [7, 11) is 0. The van der Waals surface area contributed by atoms with E-state index in [0.29, 0.717) is 5.82 Å². The topological polar surface area (TPSA) is 106 Å². The third-order valence-corrected chi connectivity index (χ3v) is 1.96. The molecule has 0 aliphatic heterocycles. The lowest BCUT2D eigenvalue weighted by atomic mass is 10.1. The first kappa shape index (κ1) is 8.49. The highest BCUT2D eigenvalue weighted by atomic mass is 15.1. The first-order valence-electron chi connectivity index (χ1n) is 4.07. The Morgan fingerprint density at radius 2 is 2.00 bits per heavy atom. The Hall–Kier alpha value is -2.11. The predicted molar refractivity (Wildman–Crippen MR) is 53.2 cm³/mol. The molecule has 6 heteroatoms. The Kier molecular flexibility index (Phi) is 1.81. The third kappa shape index (κ3) is 1.26. The van der Waals surface area contributed by atoms with Crippen molar-refractivity contribution in [1.82, 2.24) is 20.2 Å². The van der Waals surface area contributed by atoms with E-state index in [1.54, 1.807) is 12.4 Å². The molecule has 0 bridgehead atoms. The minimum atomic E-state index is 0.174. The summed E-state index contributed by atoms with van der Waals surface area (Å²) in [6.45, 7) is 1.90. The van der Waals surface area contributed by atoms with E-state index in [1.165, 1.54) is 0 Å². The second kappa shape index (κ2) is 2.99. The highest BCUT2D eigenvalue weighted by Crippen LogP contribution is 2.25. The molecule has 0 unspecified atom stereocenters. The van der Waals surface area contributed by atoms with Crippen molar-refractivity contribution in [3.8, 4) is 11.1 Å². The third-order valence-electron chi connectivity index (χ3n) is 1.96. The van der Waals surface area contributed by atoms with Gasteiger partial charge in [0.2, 0.25) is 5.95 Å². The van der Waals surface area contributed by atoms with Crippen LogP contribution in [0, 0.1) is 6.92 Å². The van der Waals surface area contributed by atoms with Crippen molar-refractivity contribution >= 4 is 11.8 Å². The van der Waals surface area contributed by atoms with Gasteiger partial charge in [0, 0.05) is 23.0 Å². The van der Waals surface area contributed by atoms with E-state index < -0.39 is 0 Å². The number of aromatic amines is 1. The molecular formula is C8H10N6. The molecule has 0 radical (unpaired) electrons. The SMILES string of the molecule is Cc1[nH]ncc1-c1cnc(N)nc1N. The molecule has 0 atom stereocenters. The normalized spacial score (nSPS) is 10.4. The van der Waals surface area contributed by atoms with Crippen LogP contribution in [0.15, 0.2) is 12.4 Å². The lowest BCUT2D eigenvalue weighted by molar-refractivity contribution is 1.05. The van der Waals surface area contributed by atoms with Gasteiger partial charge in [0.25, 0.3) is 0 Å². The van der Waals surface area contributed by atoms with Crippen molar-refractivity contribution < 1.29 is 0 Å². The first-order valence-corrected chi connectivity index (χ1v) is 4.07. The van der Waals surface area contributed by atoms with Crippen molar-refractivity contribution in [1.29, 1.82) is 0 Å². The van der Waals surface area contributed by atoms with Gasteiger partial charge in [-0.25, -0.2) is 4.98 Å². The molecule has 2 aromatic rings. The number of hydrogen-bond acceptors (Lipinski definition) is 5. The number of H-pyrrole nitrogens is 1. The summed E-state index contributed by atoms with van der Waals surface area (Å²) in [5.74, 6) is 0.536. The van der Waals surface area contributed by atoms with E-state index in [4.69, 9.17) is 11.5 Å². The number of rotatable bonds is 1. The number of hydrogen-bond donors (Lipinski definition) is 3. The van der Waals surface area contributed by atoms with Crippen LogP contribution in [0.1, 0.15) is 5.69 Å². The summed E-state index contributed by atoms with van der Waals surface area (Å²) in [4.78, 5) is 7.76. The Labute approximate surface area is 80.4 Å². The second-order valence-corrected chi connectivity index (χ2v) is 2.94. The standard InChI is InChI=1S/C8H10N6/c1-4-5(3-12-14-4)6-2-11-8(10)13-7(6)9/h2-3H,1H3,(H,12,14)(H4,9,10,11,13). The first-order chi connectivity index (χ1) is 6.68. The Morgan fingerprint density at radius 1 is 1.21 bits per heavy atom. The molecule has 0 amide bonds. The number of anilines is 2. The van der Waals surface area contributed by atoms with E-state index in [9.17, 15) is 0 Å². The number of nitrogens with one attached hydrogen (secondary N) is 1. The summed E-state index contributed by atoms with van der Waals surface area (Å²) < 4.78 is 0. The van der Waals surface area contributed by atoms with Crippen LogP contribution in [0.5, 0.6) is 0 Å². The van der Waals surface area contributed by atoms with Crippen molar-refractivity contribution in [3.63, 3.8) is 0 Å². The quantitative estimate of drug-likeness (QED) is 0.601. The van der Waals surface area contributed by atoms with Crippen molar-refractivity contribution in [2.45, 2.75) is 6.92 Å². The fourth-order valence-corrected chi connectivity index (χ4v) is 1.24. The lowest BCUT2D eigenvalue weighted by Gasteiger charge is -2.02. The Bertz CT molecular complexity index is 461. The van der Waals surface area contributed by atoms with Crippen LogP contribution >= 0.6 is 0 Å². The van der Waals surface area contributed by atoms with E-state index in [2.05, 4.69) is 20.2 Å². The van der Waals surface area contributed by atoms with E-state index in [1.807, 2.05) is 6.92 Å². The van der Waals surface area contributed by atoms with Gasteiger partial charge in [0.1, 0.15) is 5.82 Å². The van der Waals surface area contributed by atoms with Gasteiger partial charge < -0.3 is 11.5 Å². The van der Waals surface area contributed by atoms with E-state index in [0.717, 1.165) is 16.8 Å². The molecule has 0 aliphatic rings. The molecule has 0 aliphatic carbocycles. The van der Waals surface area contributed by atoms with Gasteiger partial charge in [-0.15, -0.1) is 0 Å². The number of aromatic nitrogens is 4. The molecule has 2 aromatic heterocycles. The fourth-order valence-electron chi connectivity index (χ4n) is 1.24. The average Bonchev–Trinajstić information content (AvgIpc) is 2.52. The zero-order valence-corrected chi connectivity index (χ0v) is 7.65. The lowest BCUT2D eigenvalue weighted by Crippen LogP contribution is -2.01. The molecule has 6 nitrogen and oxygen atoms in total. The van der Waals surface area contributed by atoms with Crippen LogP contribution in [-0.4, -0.2) is 20.2 Å². The van der Waals surface area contributed by atoms with Gasteiger partial charge in [-0.2, -0.15) is 10.1 Å². The molecule has 14 heavy (non-hydrogen) atoms. The van der Waals surface area contributed by atoms with Crippen molar-refractivity contribution in [3.05, 3.63) is 18.1 Å². The van der Waals surface area contributed by atoms with Crippen LogP contribution < -0.4 is 11.5 Å². The summed E-state index contributed by atoms with van der Waals surface area (Å²) >= 11 is 0. The minimum absolute atomic E-state index is 0.174. The number of aryl methyl sites for hydroxylation is 1. The molecule has 2 heterocycles. The molecule has 72 valence electrons. The molecule has 5 N–H and O–H groups in total. The van der Waals surface area contributed by atoms with Crippen LogP contribution in [0.4, 0.5) is 11.8 Å². The van der Waals surface area contributed by atoms with E-state index in [-0.39, 0.29) is 5.95 Å². The summed E-state index contributed by atoms with van der Waals surface area (Å²) in [6, 6.07) is 0. The van der Waals surface area contributed by atoms with Crippen LogP contribution in [0.25, 0.3) is 11.1 Å². The number of nitrogens with zero attached hydrogens (tertiary/aromatic N) is 3. The second-order valence-electron chi connectivity index (χ2n) is 2.94. The fraction of sp³-hybridized carbons (Fsp3) is 0.125. The summed E-state index contributed by atoms with van der Waals surface area (Å²) in [6.07, 6.45) is 3.27. The average molecular weight is 190 g/mol. The molecule has 2 rings (SSSR count). The smallest absolute Gasteiger partial charge is 0.221 e. The van der Waals surface area contributed by atoms with Crippen molar-refractivity contribution in [2.75, 3.05) is 11.5 Å². The highest BCUT2D eigenvalue weighted by Gasteiger charge is 2.09. The molecule has 0 spiro atoms.